The predicted octanol–water partition coefficient (Wildman–Crippen LogP) is 1.84. The van der Waals surface area contributed by atoms with E-state index in [-0.39, 0.29) is 6.17 Å². The molecule has 1 aromatic heterocycles. The van der Waals surface area contributed by atoms with Crippen LogP contribution in [0.15, 0.2) is 12.1 Å². The summed E-state index contributed by atoms with van der Waals surface area (Å²) in [5.41, 5.74) is 0. The van der Waals surface area contributed by atoms with Gasteiger partial charge in [0, 0.05) is 4.88 Å². The average Bonchev–Trinajstić information content (AvgIpc) is 2.39. The summed E-state index contributed by atoms with van der Waals surface area (Å²) in [5, 5.41) is 6.24. The number of thiophene rings is 1. The van der Waals surface area contributed by atoms with E-state index in [0.717, 1.165) is 4.34 Å². The fourth-order valence-electron chi connectivity index (χ4n) is 0.912. The maximum Gasteiger partial charge on any atom is 0.0932 e. The summed E-state index contributed by atoms with van der Waals surface area (Å²) in [6.45, 7) is 0. The normalized spacial score (nSPS) is 10.9. The Kier molecular flexibility index (Phi) is 3.33. The highest BCUT2D eigenvalue weighted by Gasteiger charge is 2.07. The fraction of sp³-hybridized carbons (Fsp3) is 0.429. The van der Waals surface area contributed by atoms with Gasteiger partial charge < -0.3 is 10.6 Å². The lowest BCUT2D eigenvalue weighted by atomic mass is 10.4. The summed E-state index contributed by atoms with van der Waals surface area (Å²) in [6, 6.07) is 3.92. The molecule has 0 aliphatic heterocycles. The SMILES string of the molecule is CNC(NC)c1ccc(Cl)s1. The summed E-state index contributed by atoms with van der Waals surface area (Å²) in [4.78, 5) is 1.21. The molecule has 0 bridgehead atoms. The number of hydrogen-bond acceptors (Lipinski definition) is 3. The Hall–Kier alpha value is -0.0900. The highest BCUT2D eigenvalue weighted by Crippen LogP contribution is 2.25. The molecule has 0 spiro atoms. The third-order valence-corrected chi connectivity index (χ3v) is 2.75. The molecular weight excluding hydrogens is 180 g/mol. The third kappa shape index (κ3) is 2.17. The summed E-state index contributed by atoms with van der Waals surface area (Å²) in [5.74, 6) is 0. The minimum Gasteiger partial charge on any atom is -0.301 e. The van der Waals surface area contributed by atoms with E-state index < -0.39 is 0 Å². The topological polar surface area (TPSA) is 24.1 Å². The second-order valence-corrected chi connectivity index (χ2v) is 3.90. The molecule has 2 N–H and O–H groups in total. The van der Waals surface area contributed by atoms with Crippen molar-refractivity contribution in [1.29, 1.82) is 0 Å². The van der Waals surface area contributed by atoms with Crippen molar-refractivity contribution < 1.29 is 0 Å². The number of rotatable bonds is 3. The molecule has 0 amide bonds. The molecule has 0 aliphatic carbocycles. The van der Waals surface area contributed by atoms with Gasteiger partial charge in [0.1, 0.15) is 0 Å². The summed E-state index contributed by atoms with van der Waals surface area (Å²) >= 11 is 7.37. The Morgan fingerprint density at radius 3 is 2.36 bits per heavy atom. The van der Waals surface area contributed by atoms with Gasteiger partial charge in [-0.1, -0.05) is 11.6 Å². The maximum absolute atomic E-state index is 5.78. The molecule has 1 aromatic rings. The minimum absolute atomic E-state index is 0.215. The number of hydrogen-bond donors (Lipinski definition) is 2. The Bertz CT molecular complexity index is 220. The molecule has 0 unspecified atom stereocenters. The van der Waals surface area contributed by atoms with Crippen molar-refractivity contribution in [2.75, 3.05) is 14.1 Å². The minimum atomic E-state index is 0.215. The molecule has 2 nitrogen and oxygen atoms in total. The predicted molar refractivity (Wildman–Crippen MR) is 50.2 cm³/mol. The van der Waals surface area contributed by atoms with E-state index >= 15 is 0 Å². The van der Waals surface area contributed by atoms with Gasteiger partial charge >= 0.3 is 0 Å². The molecule has 0 aliphatic rings. The molecule has 1 rings (SSSR count). The van der Waals surface area contributed by atoms with Crippen molar-refractivity contribution in [3.05, 3.63) is 21.3 Å². The standard InChI is InChI=1S/C7H11ClN2S/c1-9-7(10-2)5-3-4-6(8)11-5/h3-4,7,9-10H,1-2H3. The van der Waals surface area contributed by atoms with Crippen LogP contribution in [0.3, 0.4) is 0 Å². The summed E-state index contributed by atoms with van der Waals surface area (Å²) in [6.07, 6.45) is 0.215. The van der Waals surface area contributed by atoms with E-state index in [1.165, 1.54) is 4.88 Å². The number of halogens is 1. The van der Waals surface area contributed by atoms with Crippen molar-refractivity contribution in [3.8, 4) is 0 Å². The Balaban J connectivity index is 2.73. The zero-order valence-electron chi connectivity index (χ0n) is 6.52. The van der Waals surface area contributed by atoms with Crippen molar-refractivity contribution in [3.63, 3.8) is 0 Å². The monoisotopic (exact) mass is 190 g/mol. The second-order valence-electron chi connectivity index (χ2n) is 2.15. The van der Waals surface area contributed by atoms with E-state index in [4.69, 9.17) is 11.6 Å². The van der Waals surface area contributed by atoms with Crippen molar-refractivity contribution in [2.24, 2.45) is 0 Å². The van der Waals surface area contributed by atoms with Crippen LogP contribution in [0.2, 0.25) is 4.34 Å². The van der Waals surface area contributed by atoms with Gasteiger partial charge in [0.05, 0.1) is 10.5 Å². The van der Waals surface area contributed by atoms with Crippen LogP contribution >= 0.6 is 22.9 Å². The average molecular weight is 191 g/mol. The first kappa shape index (κ1) is 9.00. The molecule has 0 saturated heterocycles. The first-order valence-electron chi connectivity index (χ1n) is 3.37. The molecule has 1 heterocycles. The molecule has 0 fully saturated rings. The van der Waals surface area contributed by atoms with Crippen LogP contribution in [0.25, 0.3) is 0 Å². The van der Waals surface area contributed by atoms with Gasteiger partial charge in [0.25, 0.3) is 0 Å². The van der Waals surface area contributed by atoms with Crippen LogP contribution in [0.1, 0.15) is 11.0 Å². The Morgan fingerprint density at radius 1 is 1.36 bits per heavy atom. The maximum atomic E-state index is 5.78. The van der Waals surface area contributed by atoms with Crippen LogP contribution in [-0.4, -0.2) is 14.1 Å². The Morgan fingerprint density at radius 2 is 2.00 bits per heavy atom. The van der Waals surface area contributed by atoms with Gasteiger partial charge in [-0.2, -0.15) is 0 Å². The van der Waals surface area contributed by atoms with Gasteiger partial charge in [0.2, 0.25) is 0 Å². The number of nitrogens with one attached hydrogen (secondary N) is 2. The van der Waals surface area contributed by atoms with E-state index in [2.05, 4.69) is 10.6 Å². The smallest absolute Gasteiger partial charge is 0.0932 e. The molecule has 11 heavy (non-hydrogen) atoms. The lowest BCUT2D eigenvalue weighted by Gasteiger charge is -2.11. The van der Waals surface area contributed by atoms with Crippen LogP contribution < -0.4 is 10.6 Å². The second kappa shape index (κ2) is 4.07. The molecule has 62 valence electrons. The lowest BCUT2D eigenvalue weighted by Crippen LogP contribution is -2.27. The van der Waals surface area contributed by atoms with Crippen molar-refractivity contribution >= 4 is 22.9 Å². The van der Waals surface area contributed by atoms with E-state index in [0.29, 0.717) is 0 Å². The molecule has 0 atom stereocenters. The lowest BCUT2D eigenvalue weighted by molar-refractivity contribution is 0.528. The largest absolute Gasteiger partial charge is 0.301 e. The zero-order valence-corrected chi connectivity index (χ0v) is 8.09. The van der Waals surface area contributed by atoms with Crippen molar-refractivity contribution in [1.82, 2.24) is 10.6 Å². The van der Waals surface area contributed by atoms with Crippen LogP contribution in [0, 0.1) is 0 Å². The van der Waals surface area contributed by atoms with E-state index in [1.54, 1.807) is 11.3 Å². The van der Waals surface area contributed by atoms with Crippen LogP contribution in [0.5, 0.6) is 0 Å². The Labute approximate surface area is 75.6 Å². The summed E-state index contributed by atoms with van der Waals surface area (Å²) < 4.78 is 0.829. The van der Waals surface area contributed by atoms with Crippen molar-refractivity contribution in [2.45, 2.75) is 6.17 Å². The van der Waals surface area contributed by atoms with E-state index in [9.17, 15) is 0 Å². The van der Waals surface area contributed by atoms with Gasteiger partial charge in [-0.15, -0.1) is 11.3 Å². The molecule has 4 heteroatoms. The van der Waals surface area contributed by atoms with Crippen LogP contribution in [0.4, 0.5) is 0 Å². The van der Waals surface area contributed by atoms with Gasteiger partial charge in [0.15, 0.2) is 0 Å². The molecule has 0 saturated carbocycles. The molecule has 0 aromatic carbocycles. The van der Waals surface area contributed by atoms with Gasteiger partial charge in [-0.05, 0) is 26.2 Å². The highest BCUT2D eigenvalue weighted by atomic mass is 35.5. The fourth-order valence-corrected chi connectivity index (χ4v) is 2.09. The molecule has 0 radical (unpaired) electrons. The van der Waals surface area contributed by atoms with Crippen LogP contribution in [-0.2, 0) is 0 Å². The van der Waals surface area contributed by atoms with E-state index in [1.807, 2.05) is 26.2 Å². The highest BCUT2D eigenvalue weighted by molar-refractivity contribution is 7.16. The first-order chi connectivity index (χ1) is 5.27. The third-order valence-electron chi connectivity index (χ3n) is 1.46. The summed E-state index contributed by atoms with van der Waals surface area (Å²) in [7, 11) is 3.82. The van der Waals surface area contributed by atoms with Gasteiger partial charge in [-0.3, -0.25) is 0 Å². The molecular formula is C7H11ClN2S. The quantitative estimate of drug-likeness (QED) is 0.711. The van der Waals surface area contributed by atoms with Gasteiger partial charge in [-0.25, -0.2) is 0 Å². The zero-order chi connectivity index (χ0) is 8.27. The first-order valence-corrected chi connectivity index (χ1v) is 4.57.